The summed E-state index contributed by atoms with van der Waals surface area (Å²) in [6, 6.07) is 3.47. The SMILES string of the molecule is COC(=O)[C@@]12CC1C=CCCCCC[C@H](NC(=O)OC1CCCC1)C(=O)N1C[C@H](Oc3cc(-c4csc(NC(C)=O)n4)nc4c(C)c(OC)ccc34)C[C@H]1C(=O)N2. The number of hydrogen-bond acceptors (Lipinski definition) is 12. The normalized spacial score (nSPS) is 25.4. The van der Waals surface area contributed by atoms with Crippen LogP contribution in [0.4, 0.5) is 9.93 Å². The minimum atomic E-state index is -1.24. The van der Waals surface area contributed by atoms with Gasteiger partial charge in [0, 0.05) is 41.7 Å². The first-order valence-electron chi connectivity index (χ1n) is 19.7. The number of nitrogens with one attached hydrogen (secondary N) is 3. The third-order valence-corrected chi connectivity index (χ3v) is 12.1. The molecule has 16 heteroatoms. The number of benzene rings is 1. The number of aryl methyl sites for hydroxylation is 1. The zero-order valence-electron chi connectivity index (χ0n) is 32.8. The number of ether oxygens (including phenoxy) is 4. The van der Waals surface area contributed by atoms with Crippen molar-refractivity contribution in [2.45, 2.75) is 114 Å². The molecular formula is C41H50N6O9S. The third kappa shape index (κ3) is 8.70. The van der Waals surface area contributed by atoms with Crippen LogP contribution in [-0.4, -0.2) is 95.2 Å². The first-order valence-corrected chi connectivity index (χ1v) is 20.6. The second kappa shape index (κ2) is 17.1. The first-order chi connectivity index (χ1) is 27.5. The molecule has 15 nitrogen and oxygen atoms in total. The van der Waals surface area contributed by atoms with E-state index in [1.54, 1.807) is 18.6 Å². The Morgan fingerprint density at radius 1 is 0.982 bits per heavy atom. The topological polar surface area (TPSA) is 187 Å². The molecule has 2 aliphatic heterocycles. The van der Waals surface area contributed by atoms with E-state index < -0.39 is 47.6 Å². The van der Waals surface area contributed by atoms with Crippen molar-refractivity contribution in [1.82, 2.24) is 25.5 Å². The highest BCUT2D eigenvalue weighted by Gasteiger charge is 2.62. The lowest BCUT2D eigenvalue weighted by molar-refractivity contribution is -0.148. The molecule has 4 amide bonds. The van der Waals surface area contributed by atoms with Crippen molar-refractivity contribution in [2.24, 2.45) is 5.92 Å². The van der Waals surface area contributed by atoms with Crippen LogP contribution in [0, 0.1) is 12.8 Å². The molecule has 2 aromatic heterocycles. The quantitative estimate of drug-likeness (QED) is 0.191. The number of thiazole rings is 1. The number of carbonyl (C=O) groups excluding carboxylic acids is 5. The molecule has 2 saturated carbocycles. The van der Waals surface area contributed by atoms with Crippen molar-refractivity contribution in [1.29, 1.82) is 0 Å². The van der Waals surface area contributed by atoms with Crippen LogP contribution in [-0.2, 0) is 28.7 Å². The minimum absolute atomic E-state index is 0.0268. The van der Waals surface area contributed by atoms with Gasteiger partial charge in [-0.3, -0.25) is 14.4 Å². The summed E-state index contributed by atoms with van der Waals surface area (Å²) < 4.78 is 23.2. The maximum absolute atomic E-state index is 14.6. The van der Waals surface area contributed by atoms with Gasteiger partial charge in [0.05, 0.1) is 32.0 Å². The number of anilines is 1. The average molecular weight is 803 g/mol. The Morgan fingerprint density at radius 3 is 2.53 bits per heavy atom. The molecule has 0 radical (unpaired) electrons. The highest BCUT2D eigenvalue weighted by molar-refractivity contribution is 7.14. The number of fused-ring (bicyclic) bond motifs is 3. The van der Waals surface area contributed by atoms with Crippen molar-refractivity contribution in [2.75, 3.05) is 26.1 Å². The second-order valence-corrected chi connectivity index (χ2v) is 16.2. The van der Waals surface area contributed by atoms with Crippen molar-refractivity contribution in [3.8, 4) is 22.9 Å². The zero-order chi connectivity index (χ0) is 40.3. The number of methoxy groups -OCH3 is 2. The van der Waals surface area contributed by atoms with Crippen LogP contribution < -0.4 is 25.4 Å². The van der Waals surface area contributed by atoms with Gasteiger partial charge in [-0.15, -0.1) is 11.3 Å². The predicted molar refractivity (Wildman–Crippen MR) is 212 cm³/mol. The first kappa shape index (κ1) is 40.0. The molecule has 2 aliphatic carbocycles. The molecule has 4 heterocycles. The fourth-order valence-corrected chi connectivity index (χ4v) is 9.01. The van der Waals surface area contributed by atoms with Crippen molar-refractivity contribution >= 4 is 57.2 Å². The van der Waals surface area contributed by atoms with E-state index in [0.29, 0.717) is 58.2 Å². The van der Waals surface area contributed by atoms with E-state index in [1.807, 2.05) is 31.2 Å². The Morgan fingerprint density at radius 2 is 1.77 bits per heavy atom. The molecule has 304 valence electrons. The molecule has 3 N–H and O–H groups in total. The Balaban J connectivity index is 1.22. The van der Waals surface area contributed by atoms with E-state index in [0.717, 1.165) is 50.5 Å². The average Bonchev–Trinajstić information content (AvgIpc) is 3.63. The number of aromatic nitrogens is 2. The van der Waals surface area contributed by atoms with E-state index in [9.17, 15) is 24.0 Å². The van der Waals surface area contributed by atoms with E-state index in [4.69, 9.17) is 23.9 Å². The summed E-state index contributed by atoms with van der Waals surface area (Å²) in [5.74, 6) is -0.889. The summed E-state index contributed by atoms with van der Waals surface area (Å²) in [5, 5.41) is 11.4. The van der Waals surface area contributed by atoms with Gasteiger partial charge < -0.3 is 39.8 Å². The zero-order valence-corrected chi connectivity index (χ0v) is 33.6. The van der Waals surface area contributed by atoms with Crippen LogP contribution in [0.5, 0.6) is 11.5 Å². The summed E-state index contributed by atoms with van der Waals surface area (Å²) in [5.41, 5.74) is 1.14. The van der Waals surface area contributed by atoms with Gasteiger partial charge >= 0.3 is 12.1 Å². The molecule has 0 spiro atoms. The number of carbonyl (C=O) groups is 5. The van der Waals surface area contributed by atoms with Crippen molar-refractivity contribution in [3.63, 3.8) is 0 Å². The summed E-state index contributed by atoms with van der Waals surface area (Å²) in [6.07, 6.45) is 10.00. The molecule has 3 fully saturated rings. The number of nitrogens with zero attached hydrogens (tertiary/aromatic N) is 3. The Labute approximate surface area is 335 Å². The molecule has 1 unspecified atom stereocenters. The smallest absolute Gasteiger partial charge is 0.408 e. The van der Waals surface area contributed by atoms with Gasteiger partial charge in [0.25, 0.3) is 0 Å². The number of hydrogen-bond donors (Lipinski definition) is 3. The van der Waals surface area contributed by atoms with Gasteiger partial charge in [-0.1, -0.05) is 25.0 Å². The highest BCUT2D eigenvalue weighted by Crippen LogP contribution is 2.46. The number of amides is 4. The number of esters is 1. The van der Waals surface area contributed by atoms with E-state index in [-0.39, 0.29) is 30.9 Å². The predicted octanol–water partition coefficient (Wildman–Crippen LogP) is 5.59. The van der Waals surface area contributed by atoms with Gasteiger partial charge in [-0.25, -0.2) is 19.6 Å². The van der Waals surface area contributed by atoms with Crippen LogP contribution in [0.1, 0.15) is 83.1 Å². The van der Waals surface area contributed by atoms with Gasteiger partial charge in [0.2, 0.25) is 17.7 Å². The molecular weight excluding hydrogens is 753 g/mol. The Bertz CT molecular complexity index is 2060. The molecule has 1 aromatic carbocycles. The largest absolute Gasteiger partial charge is 0.496 e. The Hall–Kier alpha value is -5.25. The van der Waals surface area contributed by atoms with Crippen LogP contribution in [0.3, 0.4) is 0 Å². The second-order valence-electron chi connectivity index (χ2n) is 15.3. The lowest BCUT2D eigenvalue weighted by atomic mass is 10.0. The fourth-order valence-electron chi connectivity index (χ4n) is 8.26. The number of allylic oxidation sites excluding steroid dienone is 1. The van der Waals surface area contributed by atoms with Crippen LogP contribution in [0.15, 0.2) is 35.7 Å². The number of rotatable bonds is 8. The van der Waals surface area contributed by atoms with Gasteiger partial charge in [0.1, 0.15) is 47.0 Å². The molecule has 1 saturated heterocycles. The number of pyridine rings is 1. The molecule has 0 bridgehead atoms. The Kier molecular flexibility index (Phi) is 12.0. The summed E-state index contributed by atoms with van der Waals surface area (Å²) in [6.45, 7) is 3.33. The molecule has 5 atom stereocenters. The van der Waals surface area contributed by atoms with Crippen LogP contribution in [0.25, 0.3) is 22.3 Å². The third-order valence-electron chi connectivity index (χ3n) is 11.4. The minimum Gasteiger partial charge on any atom is -0.496 e. The van der Waals surface area contributed by atoms with Gasteiger partial charge in [0.15, 0.2) is 5.13 Å². The van der Waals surface area contributed by atoms with E-state index >= 15 is 0 Å². The fraction of sp³-hybridized carbons (Fsp3) is 0.537. The van der Waals surface area contributed by atoms with Gasteiger partial charge in [-0.05, 0) is 70.4 Å². The van der Waals surface area contributed by atoms with Gasteiger partial charge in [-0.2, -0.15) is 0 Å². The van der Waals surface area contributed by atoms with Crippen molar-refractivity contribution in [3.05, 3.63) is 41.3 Å². The molecule has 57 heavy (non-hydrogen) atoms. The van der Waals surface area contributed by atoms with Crippen LogP contribution in [0.2, 0.25) is 0 Å². The molecule has 4 aliphatic rings. The lowest BCUT2D eigenvalue weighted by Crippen LogP contribution is -2.56. The molecule has 3 aromatic rings. The maximum Gasteiger partial charge on any atom is 0.408 e. The summed E-state index contributed by atoms with van der Waals surface area (Å²) in [7, 11) is 2.88. The maximum atomic E-state index is 14.6. The van der Waals surface area contributed by atoms with E-state index in [1.165, 1.54) is 30.3 Å². The highest BCUT2D eigenvalue weighted by atomic mass is 32.1. The monoisotopic (exact) mass is 802 g/mol. The lowest BCUT2D eigenvalue weighted by Gasteiger charge is -2.29. The number of alkyl carbamates (subject to hydrolysis) is 1. The van der Waals surface area contributed by atoms with Crippen LogP contribution >= 0.6 is 11.3 Å². The summed E-state index contributed by atoms with van der Waals surface area (Å²) >= 11 is 1.26. The summed E-state index contributed by atoms with van der Waals surface area (Å²) in [4.78, 5) is 78.1. The molecule has 7 rings (SSSR count). The standard InChI is InChI=1S/C41H50N6O9S/c1-23-33(53-3)17-16-28-34(19-30(43-35(23)28)31-22-57-39(44-31)42-24(2)48)55-27-18-32-36(49)46-41(38(51)54-4)20-25(41)12-8-6-5-7-9-15-29(37(50)47(32)21-27)45-40(52)56-26-13-10-11-14-26/h8,12,16-17,19,22,25-27,29,32H,5-7,9-11,13-15,18,20-21H2,1-4H3,(H,45,52)(H,46,49)(H,42,44,48)/t25?,27-,29+,32+,41-/m1/s1. The van der Waals surface area contributed by atoms with Crippen molar-refractivity contribution < 1.29 is 42.9 Å². The van der Waals surface area contributed by atoms with E-state index in [2.05, 4.69) is 20.9 Å².